The summed E-state index contributed by atoms with van der Waals surface area (Å²) in [6.45, 7) is 3.83. The van der Waals surface area contributed by atoms with Crippen LogP contribution in [0.2, 0.25) is 10.0 Å². The third kappa shape index (κ3) is 3.99. The Morgan fingerprint density at radius 3 is 2.30 bits per heavy atom. The zero-order valence-corrected chi connectivity index (χ0v) is 19.7. The predicted molar refractivity (Wildman–Crippen MR) is 130 cm³/mol. The molecule has 1 amide bonds. The summed E-state index contributed by atoms with van der Waals surface area (Å²) in [5.74, 6) is -1.79. The second-order valence-electron chi connectivity index (χ2n) is 7.83. The van der Waals surface area contributed by atoms with E-state index in [0.717, 1.165) is 11.1 Å². The Bertz CT molecular complexity index is 1300. The van der Waals surface area contributed by atoms with E-state index in [-0.39, 0.29) is 26.9 Å². The maximum absolute atomic E-state index is 13.3. The van der Waals surface area contributed by atoms with E-state index in [2.05, 4.69) is 0 Å². The first-order valence-electron chi connectivity index (χ1n) is 10.2. The van der Waals surface area contributed by atoms with E-state index < -0.39 is 23.5 Å². The van der Waals surface area contributed by atoms with Crippen LogP contribution in [0.1, 0.15) is 28.3 Å². The number of rotatable bonds is 4. The highest BCUT2D eigenvalue weighted by Gasteiger charge is 2.47. The van der Waals surface area contributed by atoms with Crippen LogP contribution in [0.3, 0.4) is 0 Å². The summed E-state index contributed by atoms with van der Waals surface area (Å²) in [6.07, 6.45) is 0. The lowest BCUT2D eigenvalue weighted by Crippen LogP contribution is -2.29. The van der Waals surface area contributed by atoms with E-state index in [4.69, 9.17) is 27.9 Å². The molecule has 1 aliphatic heterocycles. The molecule has 3 aromatic carbocycles. The van der Waals surface area contributed by atoms with E-state index in [1.807, 2.05) is 50.2 Å². The van der Waals surface area contributed by atoms with Gasteiger partial charge in [-0.15, -0.1) is 0 Å². The predicted octanol–water partition coefficient (Wildman–Crippen LogP) is 6.25. The number of ether oxygens (including phenoxy) is 1. The lowest BCUT2D eigenvalue weighted by molar-refractivity contribution is -0.132. The summed E-state index contributed by atoms with van der Waals surface area (Å²) in [6, 6.07) is 16.8. The molecule has 168 valence electrons. The van der Waals surface area contributed by atoms with E-state index in [9.17, 15) is 14.7 Å². The van der Waals surface area contributed by atoms with Crippen LogP contribution in [0.15, 0.2) is 66.2 Å². The molecule has 7 heteroatoms. The van der Waals surface area contributed by atoms with Crippen LogP contribution in [0.4, 0.5) is 5.69 Å². The van der Waals surface area contributed by atoms with Crippen LogP contribution < -0.4 is 9.64 Å². The first-order chi connectivity index (χ1) is 15.7. The molecule has 0 aliphatic carbocycles. The van der Waals surface area contributed by atoms with Gasteiger partial charge in [-0.25, -0.2) is 0 Å². The third-order valence-corrected chi connectivity index (χ3v) is 6.21. The Morgan fingerprint density at radius 1 is 1.00 bits per heavy atom. The van der Waals surface area contributed by atoms with E-state index in [1.165, 1.54) is 24.1 Å². The average molecular weight is 482 g/mol. The maximum Gasteiger partial charge on any atom is 0.300 e. The van der Waals surface area contributed by atoms with Crippen LogP contribution in [0.25, 0.3) is 5.76 Å². The fourth-order valence-corrected chi connectivity index (χ4v) is 4.65. The number of Topliss-reactive ketones (excluding diaryl/α,β-unsaturated/α-hetero) is 1. The Labute approximate surface area is 201 Å². The smallest absolute Gasteiger partial charge is 0.300 e. The number of methoxy groups -OCH3 is 1. The van der Waals surface area contributed by atoms with Crippen molar-refractivity contribution < 1.29 is 19.4 Å². The topological polar surface area (TPSA) is 66.8 Å². The van der Waals surface area contributed by atoms with Gasteiger partial charge in [-0.3, -0.25) is 14.5 Å². The molecule has 1 heterocycles. The molecule has 0 radical (unpaired) electrons. The minimum absolute atomic E-state index is 0.0634. The van der Waals surface area contributed by atoms with Crippen molar-refractivity contribution in [3.63, 3.8) is 0 Å². The molecule has 1 fully saturated rings. The standard InChI is InChI=1S/C26H21Cl2NO4/c1-14-8-10-17(11-9-14)29-22(18-7-5-4-6-15(18)2)21(24(31)26(29)32)23(30)19-12-16(27)13-20(28)25(19)33-3/h4-13,22,30H,1-3H3/b23-21+. The van der Waals surface area contributed by atoms with Gasteiger partial charge in [-0.1, -0.05) is 65.2 Å². The normalized spacial score (nSPS) is 17.5. The Balaban J connectivity index is 2.03. The Kier molecular flexibility index (Phi) is 6.19. The van der Waals surface area contributed by atoms with Gasteiger partial charge in [0.15, 0.2) is 0 Å². The number of aliphatic hydroxyl groups excluding tert-OH is 1. The van der Waals surface area contributed by atoms with E-state index in [0.29, 0.717) is 11.3 Å². The summed E-state index contributed by atoms with van der Waals surface area (Å²) < 4.78 is 5.37. The fourth-order valence-electron chi connectivity index (χ4n) is 4.08. The number of amides is 1. The van der Waals surface area contributed by atoms with Crippen molar-refractivity contribution in [3.05, 3.63) is 98.5 Å². The van der Waals surface area contributed by atoms with Gasteiger partial charge >= 0.3 is 0 Å². The van der Waals surface area contributed by atoms with Crippen LogP contribution in [-0.2, 0) is 9.59 Å². The van der Waals surface area contributed by atoms with Crippen LogP contribution in [0.5, 0.6) is 5.75 Å². The molecular weight excluding hydrogens is 461 g/mol. The monoisotopic (exact) mass is 481 g/mol. The second-order valence-corrected chi connectivity index (χ2v) is 8.67. The number of nitrogens with zero attached hydrogens (tertiary/aromatic N) is 1. The zero-order valence-electron chi connectivity index (χ0n) is 18.2. The molecule has 0 saturated carbocycles. The number of hydrogen-bond donors (Lipinski definition) is 1. The maximum atomic E-state index is 13.3. The molecule has 0 bridgehead atoms. The molecule has 0 aromatic heterocycles. The van der Waals surface area contributed by atoms with Gasteiger partial charge in [-0.2, -0.15) is 0 Å². The Hall–Kier alpha value is -3.28. The van der Waals surface area contributed by atoms with Gasteiger partial charge in [0.25, 0.3) is 11.7 Å². The van der Waals surface area contributed by atoms with Gasteiger partial charge in [-0.05, 0) is 49.2 Å². The molecule has 1 unspecified atom stereocenters. The first kappa shape index (κ1) is 22.9. The second kappa shape index (κ2) is 8.93. The summed E-state index contributed by atoms with van der Waals surface area (Å²) in [7, 11) is 1.40. The molecule has 1 saturated heterocycles. The number of carbonyl (C=O) groups excluding carboxylic acids is 2. The number of hydrogen-bond acceptors (Lipinski definition) is 4. The molecule has 4 rings (SSSR count). The average Bonchev–Trinajstić information content (AvgIpc) is 3.04. The molecule has 33 heavy (non-hydrogen) atoms. The zero-order chi connectivity index (χ0) is 23.9. The number of carbonyl (C=O) groups is 2. The number of benzene rings is 3. The lowest BCUT2D eigenvalue weighted by atomic mass is 9.92. The van der Waals surface area contributed by atoms with Crippen molar-refractivity contribution >= 4 is 46.3 Å². The van der Waals surface area contributed by atoms with Crippen molar-refractivity contribution in [1.29, 1.82) is 0 Å². The SMILES string of the molecule is COc1c(Cl)cc(Cl)cc1/C(O)=C1\C(=O)C(=O)N(c2ccc(C)cc2)C1c1ccccc1C. The number of aryl methyl sites for hydroxylation is 2. The van der Waals surface area contributed by atoms with Crippen LogP contribution >= 0.6 is 23.2 Å². The van der Waals surface area contributed by atoms with E-state index >= 15 is 0 Å². The van der Waals surface area contributed by atoms with Gasteiger partial charge < -0.3 is 9.84 Å². The minimum Gasteiger partial charge on any atom is -0.507 e. The molecule has 1 aliphatic rings. The Morgan fingerprint density at radius 2 is 1.67 bits per heavy atom. The quantitative estimate of drug-likeness (QED) is 0.271. The summed E-state index contributed by atoms with van der Waals surface area (Å²) >= 11 is 12.4. The summed E-state index contributed by atoms with van der Waals surface area (Å²) in [5, 5.41) is 11.8. The minimum atomic E-state index is -0.851. The van der Waals surface area contributed by atoms with Crippen molar-refractivity contribution in [2.24, 2.45) is 0 Å². The number of anilines is 1. The number of aliphatic hydroxyl groups is 1. The van der Waals surface area contributed by atoms with E-state index in [1.54, 1.807) is 12.1 Å². The molecular formula is C26H21Cl2NO4. The highest BCUT2D eigenvalue weighted by atomic mass is 35.5. The molecule has 1 N–H and O–H groups in total. The first-order valence-corrected chi connectivity index (χ1v) is 11.0. The third-order valence-electron chi connectivity index (χ3n) is 5.71. The van der Waals surface area contributed by atoms with Crippen LogP contribution in [-0.4, -0.2) is 23.9 Å². The van der Waals surface area contributed by atoms with Crippen molar-refractivity contribution in [2.75, 3.05) is 12.0 Å². The highest BCUT2D eigenvalue weighted by molar-refractivity contribution is 6.52. The van der Waals surface area contributed by atoms with Crippen molar-refractivity contribution in [1.82, 2.24) is 0 Å². The molecule has 5 nitrogen and oxygen atoms in total. The highest BCUT2D eigenvalue weighted by Crippen LogP contribution is 2.45. The van der Waals surface area contributed by atoms with Crippen molar-refractivity contribution in [3.8, 4) is 5.75 Å². The van der Waals surface area contributed by atoms with Gasteiger partial charge in [0.05, 0.1) is 29.3 Å². The number of halogens is 2. The van der Waals surface area contributed by atoms with Gasteiger partial charge in [0.2, 0.25) is 0 Å². The fraction of sp³-hybridized carbons (Fsp3) is 0.154. The largest absolute Gasteiger partial charge is 0.507 e. The lowest BCUT2D eigenvalue weighted by Gasteiger charge is -2.27. The van der Waals surface area contributed by atoms with Gasteiger partial charge in [0.1, 0.15) is 11.5 Å². The van der Waals surface area contributed by atoms with Gasteiger partial charge in [0, 0.05) is 10.7 Å². The molecule has 0 spiro atoms. The molecule has 3 aromatic rings. The molecule has 1 atom stereocenters. The van der Waals surface area contributed by atoms with Crippen LogP contribution in [0, 0.1) is 13.8 Å². The summed E-state index contributed by atoms with van der Waals surface area (Å²) in [4.78, 5) is 28.0. The number of ketones is 1. The summed E-state index contributed by atoms with van der Waals surface area (Å²) in [5.41, 5.74) is 3.21. The van der Waals surface area contributed by atoms with Crippen molar-refractivity contribution in [2.45, 2.75) is 19.9 Å².